The van der Waals surface area contributed by atoms with Gasteiger partial charge in [0.05, 0.1) is 19.8 Å². The minimum absolute atomic E-state index is 0.153. The van der Waals surface area contributed by atoms with Gasteiger partial charge in [-0.15, -0.1) is 0 Å². The summed E-state index contributed by atoms with van der Waals surface area (Å²) in [5.74, 6) is -0.107. The fourth-order valence-electron chi connectivity index (χ4n) is 4.22. The average Bonchev–Trinajstić information content (AvgIpc) is 2.78. The monoisotopic (exact) mass is 468 g/mol. The Bertz CT molecular complexity index is 1130. The normalized spacial score (nSPS) is 11.2. The highest BCUT2D eigenvalue weighted by Gasteiger charge is 2.16. The Morgan fingerprint density at radius 1 is 0.529 bits per heavy atom. The summed E-state index contributed by atoms with van der Waals surface area (Å²) < 4.78 is 15.5. The van der Waals surface area contributed by atoms with Crippen molar-refractivity contribution in [2.24, 2.45) is 0 Å². The van der Waals surface area contributed by atoms with E-state index in [1.165, 1.54) is 13.2 Å². The minimum atomic E-state index is -0.225. The molecule has 0 bridgehead atoms. The van der Waals surface area contributed by atoms with E-state index in [9.17, 15) is 20.4 Å². The Morgan fingerprint density at radius 3 is 1.35 bits per heavy atom. The van der Waals surface area contributed by atoms with Crippen LogP contribution in [-0.4, -0.2) is 41.8 Å². The van der Waals surface area contributed by atoms with Crippen molar-refractivity contribution in [3.05, 3.63) is 80.9 Å². The molecule has 0 aliphatic heterocycles. The highest BCUT2D eigenvalue weighted by molar-refractivity contribution is 5.52. The molecule has 0 radical (unpaired) electrons. The number of aryl methyl sites for hydroxylation is 1. The number of phenolic OH excluding ortho intramolecular Hbond substituents is 4. The zero-order valence-corrected chi connectivity index (χ0v) is 20.0. The quantitative estimate of drug-likeness (QED) is 0.326. The molecule has 0 amide bonds. The third-order valence-electron chi connectivity index (χ3n) is 5.66. The molecule has 0 heterocycles. The van der Waals surface area contributed by atoms with Crippen molar-refractivity contribution >= 4 is 0 Å². The Kier molecular flexibility index (Phi) is 8.39. The molecule has 0 saturated heterocycles. The number of phenols is 4. The molecule has 7 heteroatoms. The maximum Gasteiger partial charge on any atom is 0.163 e. The largest absolute Gasteiger partial charge is 0.507 e. The van der Waals surface area contributed by atoms with E-state index in [-0.39, 0.29) is 42.8 Å². The van der Waals surface area contributed by atoms with Crippen LogP contribution in [0.25, 0.3) is 0 Å². The Morgan fingerprint density at radius 2 is 0.912 bits per heavy atom. The lowest BCUT2D eigenvalue weighted by Crippen LogP contribution is -2.01. The third-order valence-corrected chi connectivity index (χ3v) is 5.66. The summed E-state index contributed by atoms with van der Waals surface area (Å²) in [6.45, 7) is 2.64. The predicted octanol–water partition coefficient (Wildman–Crippen LogP) is 4.44. The molecule has 0 saturated carbocycles. The average molecular weight is 469 g/mol. The topological polar surface area (TPSA) is 109 Å². The van der Waals surface area contributed by atoms with Crippen LogP contribution in [0.4, 0.5) is 0 Å². The van der Waals surface area contributed by atoms with Gasteiger partial charge in [0.25, 0.3) is 0 Å². The van der Waals surface area contributed by atoms with Gasteiger partial charge in [0.1, 0.15) is 11.5 Å². The van der Waals surface area contributed by atoms with Crippen molar-refractivity contribution in [1.29, 1.82) is 0 Å². The lowest BCUT2D eigenvalue weighted by molar-refractivity contribution is 0.174. The van der Waals surface area contributed by atoms with Crippen molar-refractivity contribution in [1.82, 2.24) is 0 Å². The molecule has 0 aliphatic rings. The molecule has 3 aromatic carbocycles. The summed E-state index contributed by atoms with van der Waals surface area (Å²) in [5.41, 5.74) is 5.87. The number of methoxy groups -OCH3 is 3. The first-order valence-corrected chi connectivity index (χ1v) is 10.9. The fourth-order valence-corrected chi connectivity index (χ4v) is 4.22. The van der Waals surface area contributed by atoms with Crippen LogP contribution in [0.2, 0.25) is 0 Å². The lowest BCUT2D eigenvalue weighted by Gasteiger charge is -2.16. The highest BCUT2D eigenvalue weighted by atomic mass is 16.5. The molecule has 0 spiro atoms. The molecule has 182 valence electrons. The van der Waals surface area contributed by atoms with Gasteiger partial charge in [-0.25, -0.2) is 0 Å². The van der Waals surface area contributed by atoms with Crippen LogP contribution in [0.5, 0.6) is 23.0 Å². The van der Waals surface area contributed by atoms with Gasteiger partial charge in [-0.3, -0.25) is 0 Å². The molecular weight excluding hydrogens is 436 g/mol. The van der Waals surface area contributed by atoms with E-state index in [0.29, 0.717) is 35.1 Å². The van der Waals surface area contributed by atoms with E-state index in [1.54, 1.807) is 20.3 Å². The number of aromatic hydroxyl groups is 4. The van der Waals surface area contributed by atoms with Crippen molar-refractivity contribution in [2.45, 2.75) is 39.6 Å². The van der Waals surface area contributed by atoms with E-state index in [0.717, 1.165) is 22.3 Å². The van der Waals surface area contributed by atoms with Crippen LogP contribution in [0, 0.1) is 6.92 Å². The Balaban J connectivity index is 1.97. The summed E-state index contributed by atoms with van der Waals surface area (Å²) in [6.07, 6.45) is 0.814. The maximum absolute atomic E-state index is 11.1. The summed E-state index contributed by atoms with van der Waals surface area (Å²) in [6, 6.07) is 10.8. The molecule has 7 nitrogen and oxygen atoms in total. The van der Waals surface area contributed by atoms with Gasteiger partial charge in [0, 0.05) is 50.9 Å². The number of benzene rings is 3. The first-order valence-electron chi connectivity index (χ1n) is 10.9. The van der Waals surface area contributed by atoms with E-state index in [4.69, 9.17) is 14.2 Å². The summed E-state index contributed by atoms with van der Waals surface area (Å²) in [7, 11) is 4.65. The Labute approximate surface area is 199 Å². The zero-order chi connectivity index (χ0) is 24.8. The van der Waals surface area contributed by atoms with E-state index in [2.05, 4.69) is 0 Å². The Hall–Kier alpha value is -3.26. The number of hydrogen-bond donors (Lipinski definition) is 4. The molecule has 0 aromatic heterocycles. The highest BCUT2D eigenvalue weighted by Crippen LogP contribution is 2.35. The van der Waals surface area contributed by atoms with Crippen molar-refractivity contribution in [3.63, 3.8) is 0 Å². The van der Waals surface area contributed by atoms with E-state index >= 15 is 0 Å². The molecule has 0 unspecified atom stereocenters. The molecule has 34 heavy (non-hydrogen) atoms. The van der Waals surface area contributed by atoms with Crippen LogP contribution < -0.4 is 0 Å². The standard InChI is InChI=1S/C27H32O7/c1-16-5-19(7-17-9-21(13-32-2)26(30)22(10-17)14-33-3)25(29)20(6-16)8-18-11-23(15-34-4)27(31)24(28)12-18/h5-6,9-12,28-31H,7-8,13-15H2,1-4H3. The predicted molar refractivity (Wildman–Crippen MR) is 128 cm³/mol. The molecular formula is C27H32O7. The van der Waals surface area contributed by atoms with Crippen molar-refractivity contribution < 1.29 is 34.6 Å². The van der Waals surface area contributed by atoms with Crippen LogP contribution in [0.15, 0.2) is 36.4 Å². The van der Waals surface area contributed by atoms with Gasteiger partial charge in [0.15, 0.2) is 11.5 Å². The van der Waals surface area contributed by atoms with Crippen molar-refractivity contribution in [2.75, 3.05) is 21.3 Å². The molecule has 3 rings (SSSR count). The summed E-state index contributed by atoms with van der Waals surface area (Å²) in [4.78, 5) is 0. The maximum atomic E-state index is 11.1. The number of rotatable bonds is 10. The first kappa shape index (κ1) is 25.4. The van der Waals surface area contributed by atoms with Gasteiger partial charge >= 0.3 is 0 Å². The first-order chi connectivity index (χ1) is 16.3. The van der Waals surface area contributed by atoms with Gasteiger partial charge in [0.2, 0.25) is 0 Å². The van der Waals surface area contributed by atoms with E-state index in [1.807, 2.05) is 31.2 Å². The second-order valence-electron chi connectivity index (χ2n) is 8.47. The van der Waals surface area contributed by atoms with Crippen LogP contribution in [-0.2, 0) is 46.9 Å². The molecule has 3 aromatic rings. The molecule has 0 atom stereocenters. The molecule has 0 aliphatic carbocycles. The zero-order valence-electron chi connectivity index (χ0n) is 20.0. The van der Waals surface area contributed by atoms with Gasteiger partial charge in [-0.05, 0) is 53.4 Å². The molecule has 0 fully saturated rings. The second kappa shape index (κ2) is 11.2. The van der Waals surface area contributed by atoms with Crippen molar-refractivity contribution in [3.8, 4) is 23.0 Å². The van der Waals surface area contributed by atoms with Crippen LogP contribution in [0.1, 0.15) is 44.5 Å². The number of hydrogen-bond acceptors (Lipinski definition) is 7. The number of ether oxygens (including phenoxy) is 3. The smallest absolute Gasteiger partial charge is 0.163 e. The van der Waals surface area contributed by atoms with Gasteiger partial charge in [-0.2, -0.15) is 0 Å². The summed E-state index contributed by atoms with van der Waals surface area (Å²) in [5, 5.41) is 41.8. The van der Waals surface area contributed by atoms with Gasteiger partial charge < -0.3 is 34.6 Å². The second-order valence-corrected chi connectivity index (χ2v) is 8.47. The minimum Gasteiger partial charge on any atom is -0.507 e. The van der Waals surface area contributed by atoms with E-state index < -0.39 is 0 Å². The molecule has 4 N–H and O–H groups in total. The van der Waals surface area contributed by atoms with Crippen LogP contribution >= 0.6 is 0 Å². The fraction of sp³-hybridized carbons (Fsp3) is 0.333. The van der Waals surface area contributed by atoms with Crippen LogP contribution in [0.3, 0.4) is 0 Å². The SMILES string of the molecule is COCc1cc(Cc2cc(C)cc(Cc3cc(COC)c(O)c(COC)c3)c2O)cc(O)c1O. The third kappa shape index (κ3) is 5.80. The summed E-state index contributed by atoms with van der Waals surface area (Å²) >= 11 is 0. The van der Waals surface area contributed by atoms with Gasteiger partial charge in [-0.1, -0.05) is 17.7 Å². The lowest BCUT2D eigenvalue weighted by atomic mass is 9.93.